The molecule has 130 valence electrons. The number of carbonyl (C=O) groups excluding carboxylic acids is 2. The summed E-state index contributed by atoms with van der Waals surface area (Å²) in [5.41, 5.74) is 2.05. The van der Waals surface area contributed by atoms with Gasteiger partial charge in [-0.15, -0.1) is 0 Å². The van der Waals surface area contributed by atoms with Crippen molar-refractivity contribution in [2.24, 2.45) is 11.8 Å². The van der Waals surface area contributed by atoms with Crippen LogP contribution in [0.2, 0.25) is 0 Å². The first-order chi connectivity index (χ1) is 11.6. The molecule has 5 heteroatoms. The van der Waals surface area contributed by atoms with Crippen molar-refractivity contribution in [3.05, 3.63) is 29.8 Å². The van der Waals surface area contributed by atoms with Gasteiger partial charge < -0.3 is 14.5 Å². The summed E-state index contributed by atoms with van der Waals surface area (Å²) in [7, 11) is 1.72. The highest BCUT2D eigenvalue weighted by Crippen LogP contribution is 2.28. The fraction of sp³-hybridized carbons (Fsp3) is 0.579. The molecule has 1 unspecified atom stereocenters. The maximum absolute atomic E-state index is 12.8. The van der Waals surface area contributed by atoms with Gasteiger partial charge in [0.25, 0.3) is 0 Å². The summed E-state index contributed by atoms with van der Waals surface area (Å²) in [5, 5.41) is 0. The van der Waals surface area contributed by atoms with E-state index in [0.29, 0.717) is 18.9 Å². The summed E-state index contributed by atoms with van der Waals surface area (Å²) in [4.78, 5) is 28.8. The molecule has 0 saturated carbocycles. The van der Waals surface area contributed by atoms with Crippen LogP contribution in [0.25, 0.3) is 0 Å². The van der Waals surface area contributed by atoms with Gasteiger partial charge in [-0.3, -0.25) is 9.59 Å². The monoisotopic (exact) mass is 330 g/mol. The molecule has 2 aliphatic heterocycles. The van der Waals surface area contributed by atoms with E-state index in [1.807, 2.05) is 36.1 Å². The molecule has 2 fully saturated rings. The van der Waals surface area contributed by atoms with Crippen LogP contribution in [0.1, 0.15) is 24.8 Å². The lowest BCUT2D eigenvalue weighted by atomic mass is 9.96. The first-order valence-corrected chi connectivity index (χ1v) is 8.73. The number of methoxy groups -OCH3 is 1. The molecule has 0 bridgehead atoms. The minimum atomic E-state index is -0.210. The predicted molar refractivity (Wildman–Crippen MR) is 92.8 cm³/mol. The Morgan fingerprint density at radius 3 is 2.50 bits per heavy atom. The summed E-state index contributed by atoms with van der Waals surface area (Å²) >= 11 is 0. The summed E-state index contributed by atoms with van der Waals surface area (Å²) in [6.45, 7) is 4.85. The minimum absolute atomic E-state index is 0.0477. The fourth-order valence-electron chi connectivity index (χ4n) is 3.66. The Hall–Kier alpha value is -1.88. The number of ether oxygens (including phenoxy) is 1. The number of aryl methyl sites for hydroxylation is 1. The van der Waals surface area contributed by atoms with Gasteiger partial charge in [-0.2, -0.15) is 0 Å². The Bertz CT molecular complexity index is 591. The zero-order chi connectivity index (χ0) is 17.1. The molecule has 0 aromatic heterocycles. The number of nitrogens with zero attached hydrogens (tertiary/aromatic N) is 2. The van der Waals surface area contributed by atoms with Crippen molar-refractivity contribution in [3.8, 4) is 0 Å². The predicted octanol–water partition coefficient (Wildman–Crippen LogP) is 2.23. The molecular formula is C19H26N2O3. The first-order valence-electron chi connectivity index (χ1n) is 8.73. The quantitative estimate of drug-likeness (QED) is 0.851. The van der Waals surface area contributed by atoms with Crippen LogP contribution in [0.15, 0.2) is 24.3 Å². The standard InChI is InChI=1S/C19H26N2O3/c1-14-3-5-17(6-4-14)21-12-16(11-18(21)22)19(23)20-9-7-15(8-10-20)13-24-2/h3-6,15-16H,7-13H2,1-2H3. The van der Waals surface area contributed by atoms with E-state index in [2.05, 4.69) is 0 Å². The average Bonchev–Trinajstić information content (AvgIpc) is 2.98. The van der Waals surface area contributed by atoms with Crippen LogP contribution in [0.3, 0.4) is 0 Å². The number of likely N-dealkylation sites (tertiary alicyclic amines) is 1. The van der Waals surface area contributed by atoms with E-state index >= 15 is 0 Å². The summed E-state index contributed by atoms with van der Waals surface area (Å²) in [6.07, 6.45) is 2.30. The maximum atomic E-state index is 12.8. The molecule has 1 aromatic rings. The van der Waals surface area contributed by atoms with E-state index in [-0.39, 0.29) is 17.7 Å². The SMILES string of the molecule is COCC1CCN(C(=O)C2CC(=O)N(c3ccc(C)cc3)C2)CC1. The van der Waals surface area contributed by atoms with Crippen LogP contribution in [0, 0.1) is 18.8 Å². The van der Waals surface area contributed by atoms with Gasteiger partial charge in [0.1, 0.15) is 0 Å². The molecule has 0 radical (unpaired) electrons. The van der Waals surface area contributed by atoms with Crippen molar-refractivity contribution in [1.82, 2.24) is 4.90 Å². The van der Waals surface area contributed by atoms with E-state index in [4.69, 9.17) is 4.74 Å². The van der Waals surface area contributed by atoms with Crippen LogP contribution in [-0.4, -0.2) is 50.1 Å². The van der Waals surface area contributed by atoms with Gasteiger partial charge >= 0.3 is 0 Å². The van der Waals surface area contributed by atoms with Gasteiger partial charge in [0.2, 0.25) is 11.8 Å². The molecule has 1 atom stereocenters. The van der Waals surface area contributed by atoms with Crippen molar-refractivity contribution in [3.63, 3.8) is 0 Å². The summed E-state index contributed by atoms with van der Waals surface area (Å²) < 4.78 is 5.21. The highest BCUT2D eigenvalue weighted by Gasteiger charge is 2.38. The first kappa shape index (κ1) is 17.0. The maximum Gasteiger partial charge on any atom is 0.228 e. The molecule has 2 heterocycles. The third kappa shape index (κ3) is 3.61. The lowest BCUT2D eigenvalue weighted by Gasteiger charge is -2.33. The van der Waals surface area contributed by atoms with Crippen molar-refractivity contribution in [2.75, 3.05) is 38.3 Å². The Kier molecular flexibility index (Phi) is 5.19. The minimum Gasteiger partial charge on any atom is -0.384 e. The second-order valence-corrected chi connectivity index (χ2v) is 6.96. The number of rotatable bonds is 4. The molecule has 3 rings (SSSR count). The number of carbonyl (C=O) groups is 2. The van der Waals surface area contributed by atoms with E-state index in [9.17, 15) is 9.59 Å². The summed E-state index contributed by atoms with van der Waals surface area (Å²) in [5.74, 6) is 0.520. The highest BCUT2D eigenvalue weighted by atomic mass is 16.5. The van der Waals surface area contributed by atoms with Gasteiger partial charge in [-0.25, -0.2) is 0 Å². The van der Waals surface area contributed by atoms with E-state index in [0.717, 1.165) is 43.8 Å². The molecule has 2 saturated heterocycles. The van der Waals surface area contributed by atoms with Crippen molar-refractivity contribution in [1.29, 1.82) is 0 Å². The Morgan fingerprint density at radius 1 is 1.21 bits per heavy atom. The normalized spacial score (nSPS) is 22.2. The smallest absolute Gasteiger partial charge is 0.228 e. The second kappa shape index (κ2) is 7.34. The van der Waals surface area contributed by atoms with Crippen LogP contribution < -0.4 is 4.90 Å². The summed E-state index contributed by atoms with van der Waals surface area (Å²) in [6, 6.07) is 7.91. The number of benzene rings is 1. The van der Waals surface area contributed by atoms with Gasteiger partial charge in [-0.05, 0) is 37.8 Å². The number of amides is 2. The molecule has 0 N–H and O–H groups in total. The molecule has 0 spiro atoms. The molecule has 24 heavy (non-hydrogen) atoms. The van der Waals surface area contributed by atoms with E-state index in [1.165, 1.54) is 0 Å². The van der Waals surface area contributed by atoms with Crippen LogP contribution >= 0.6 is 0 Å². The third-order valence-corrected chi connectivity index (χ3v) is 5.15. The lowest BCUT2D eigenvalue weighted by Crippen LogP contribution is -2.43. The number of anilines is 1. The zero-order valence-electron chi connectivity index (χ0n) is 14.5. The molecule has 2 aliphatic rings. The Balaban J connectivity index is 1.59. The van der Waals surface area contributed by atoms with Crippen molar-refractivity contribution >= 4 is 17.5 Å². The van der Waals surface area contributed by atoms with E-state index < -0.39 is 0 Å². The van der Waals surface area contributed by atoms with Gasteiger partial charge in [-0.1, -0.05) is 17.7 Å². The van der Waals surface area contributed by atoms with E-state index in [1.54, 1.807) is 12.0 Å². The highest BCUT2D eigenvalue weighted by molar-refractivity contribution is 6.00. The van der Waals surface area contributed by atoms with Crippen molar-refractivity contribution < 1.29 is 14.3 Å². The van der Waals surface area contributed by atoms with Gasteiger partial charge in [0, 0.05) is 45.5 Å². The van der Waals surface area contributed by atoms with Gasteiger partial charge in [0.05, 0.1) is 5.92 Å². The van der Waals surface area contributed by atoms with Crippen LogP contribution in [0.5, 0.6) is 0 Å². The fourth-order valence-corrected chi connectivity index (χ4v) is 3.66. The molecular weight excluding hydrogens is 304 g/mol. The number of hydrogen-bond acceptors (Lipinski definition) is 3. The zero-order valence-corrected chi connectivity index (χ0v) is 14.5. The number of piperidine rings is 1. The molecule has 1 aromatic carbocycles. The van der Waals surface area contributed by atoms with Crippen LogP contribution in [-0.2, 0) is 14.3 Å². The lowest BCUT2D eigenvalue weighted by molar-refractivity contribution is -0.137. The largest absolute Gasteiger partial charge is 0.384 e. The Morgan fingerprint density at radius 2 is 1.88 bits per heavy atom. The molecule has 2 amide bonds. The topological polar surface area (TPSA) is 49.9 Å². The molecule has 5 nitrogen and oxygen atoms in total. The van der Waals surface area contributed by atoms with Gasteiger partial charge in [0.15, 0.2) is 0 Å². The van der Waals surface area contributed by atoms with Crippen molar-refractivity contribution in [2.45, 2.75) is 26.2 Å². The Labute approximate surface area is 143 Å². The molecule has 0 aliphatic carbocycles. The van der Waals surface area contributed by atoms with Crippen LogP contribution in [0.4, 0.5) is 5.69 Å². The average molecular weight is 330 g/mol. The second-order valence-electron chi connectivity index (χ2n) is 6.96. The number of hydrogen-bond donors (Lipinski definition) is 0. The third-order valence-electron chi connectivity index (χ3n) is 5.15.